The molecule has 27 heavy (non-hydrogen) atoms. The van der Waals surface area contributed by atoms with Crippen LogP contribution in [0.3, 0.4) is 0 Å². The van der Waals surface area contributed by atoms with Gasteiger partial charge in [0.05, 0.1) is 5.54 Å². The molecule has 1 aromatic rings. The Hall–Kier alpha value is -1.95. The predicted molar refractivity (Wildman–Crippen MR) is 99.8 cm³/mol. The zero-order chi connectivity index (χ0) is 19.0. The third-order valence-corrected chi connectivity index (χ3v) is 6.60. The maximum atomic E-state index is 13.7. The van der Waals surface area contributed by atoms with Gasteiger partial charge in [0.25, 0.3) is 5.91 Å². The molecule has 0 bridgehead atoms. The van der Waals surface area contributed by atoms with Crippen molar-refractivity contribution in [3.05, 3.63) is 30.1 Å². The molecule has 1 aliphatic carbocycles. The van der Waals surface area contributed by atoms with Crippen LogP contribution in [0.2, 0.25) is 0 Å². The molecule has 3 fully saturated rings. The number of halogens is 1. The summed E-state index contributed by atoms with van der Waals surface area (Å²) < 4.78 is 19.2. The van der Waals surface area contributed by atoms with Crippen molar-refractivity contribution in [2.75, 3.05) is 25.1 Å². The number of nitrogens with zero attached hydrogens (tertiary/aromatic N) is 2. The lowest BCUT2D eigenvalue weighted by Gasteiger charge is -2.59. The highest BCUT2D eigenvalue weighted by molar-refractivity contribution is 6.06. The first kappa shape index (κ1) is 18.4. The Kier molecular flexibility index (Phi) is 4.93. The number of hydrogen-bond donors (Lipinski definition) is 0. The lowest BCUT2D eigenvalue weighted by atomic mass is 9.72. The number of β-lactam (4-membered cyclic amide) rings is 1. The molecule has 146 valence electrons. The minimum absolute atomic E-state index is 0.131. The summed E-state index contributed by atoms with van der Waals surface area (Å²) in [7, 11) is 1.55. The van der Waals surface area contributed by atoms with Crippen molar-refractivity contribution in [3.63, 3.8) is 0 Å². The van der Waals surface area contributed by atoms with E-state index in [4.69, 9.17) is 4.74 Å². The van der Waals surface area contributed by atoms with Crippen LogP contribution in [0.25, 0.3) is 0 Å². The van der Waals surface area contributed by atoms with Crippen molar-refractivity contribution in [2.24, 2.45) is 5.92 Å². The number of hydrogen-bond acceptors (Lipinski definition) is 3. The average Bonchev–Trinajstić information content (AvgIpc) is 3.15. The Morgan fingerprint density at radius 3 is 2.59 bits per heavy atom. The van der Waals surface area contributed by atoms with Gasteiger partial charge in [-0.05, 0) is 49.8 Å². The smallest absolute Gasteiger partial charge is 0.259 e. The summed E-state index contributed by atoms with van der Waals surface area (Å²) in [4.78, 5) is 28.9. The number of benzene rings is 1. The van der Waals surface area contributed by atoms with Crippen LogP contribution in [0.15, 0.2) is 24.3 Å². The number of ether oxygens (including phenoxy) is 1. The van der Waals surface area contributed by atoms with Gasteiger partial charge in [-0.2, -0.15) is 0 Å². The molecule has 2 aliphatic heterocycles. The van der Waals surface area contributed by atoms with E-state index >= 15 is 0 Å². The largest absolute Gasteiger partial charge is 0.369 e. The number of amides is 2. The summed E-state index contributed by atoms with van der Waals surface area (Å²) in [5, 5.41) is 0. The van der Waals surface area contributed by atoms with Crippen LogP contribution >= 0.6 is 0 Å². The monoisotopic (exact) mass is 374 g/mol. The molecule has 2 heterocycles. The van der Waals surface area contributed by atoms with E-state index in [1.165, 1.54) is 25.0 Å². The number of methoxy groups -OCH3 is 1. The summed E-state index contributed by atoms with van der Waals surface area (Å²) >= 11 is 0. The van der Waals surface area contributed by atoms with Gasteiger partial charge in [0.1, 0.15) is 5.82 Å². The first-order valence-corrected chi connectivity index (χ1v) is 9.95. The van der Waals surface area contributed by atoms with Crippen LogP contribution in [0.5, 0.6) is 0 Å². The molecule has 1 unspecified atom stereocenters. The fourth-order valence-corrected chi connectivity index (χ4v) is 5.16. The maximum Gasteiger partial charge on any atom is 0.259 e. The lowest BCUT2D eigenvalue weighted by molar-refractivity contribution is -0.152. The molecule has 1 aromatic carbocycles. The summed E-state index contributed by atoms with van der Waals surface area (Å²) in [6, 6.07) is 6.14. The van der Waals surface area contributed by atoms with E-state index < -0.39 is 11.6 Å². The van der Waals surface area contributed by atoms with Gasteiger partial charge < -0.3 is 14.5 Å². The first-order chi connectivity index (χ1) is 13.0. The average molecular weight is 374 g/mol. The standard InChI is InChI=1S/C21H27FN2O3/c1-27-19-20(26)24(17-8-4-7-16(22)14-17)21(19)9-11-23(12-10-21)18(25)13-15-5-2-3-6-15/h4,7-8,14-15,19H,2-3,5-6,9-13H2,1H3. The fourth-order valence-electron chi connectivity index (χ4n) is 5.16. The molecule has 4 rings (SSSR count). The van der Waals surface area contributed by atoms with Crippen LogP contribution in [-0.4, -0.2) is 48.6 Å². The molecule has 0 aromatic heterocycles. The number of carbonyl (C=O) groups excluding carboxylic acids is 2. The lowest BCUT2D eigenvalue weighted by Crippen LogP contribution is -2.78. The molecular weight excluding hydrogens is 347 g/mol. The normalized spacial score (nSPS) is 25.1. The molecule has 1 spiro atoms. The van der Waals surface area contributed by atoms with E-state index in [1.807, 2.05) is 4.90 Å². The Labute approximate surface area is 159 Å². The molecule has 2 amide bonds. The van der Waals surface area contributed by atoms with E-state index in [0.29, 0.717) is 44.0 Å². The highest BCUT2D eigenvalue weighted by Crippen LogP contribution is 2.46. The Balaban J connectivity index is 1.47. The van der Waals surface area contributed by atoms with Crippen molar-refractivity contribution < 1.29 is 18.7 Å². The molecular formula is C21H27FN2O3. The van der Waals surface area contributed by atoms with Gasteiger partial charge in [-0.1, -0.05) is 18.9 Å². The summed E-state index contributed by atoms with van der Waals surface area (Å²) in [5.74, 6) is 0.275. The molecule has 5 nitrogen and oxygen atoms in total. The molecule has 1 atom stereocenters. The van der Waals surface area contributed by atoms with Crippen molar-refractivity contribution in [1.82, 2.24) is 4.90 Å². The van der Waals surface area contributed by atoms with Gasteiger partial charge in [-0.25, -0.2) is 4.39 Å². The molecule has 3 aliphatic rings. The van der Waals surface area contributed by atoms with Crippen LogP contribution in [0, 0.1) is 11.7 Å². The van der Waals surface area contributed by atoms with Gasteiger partial charge in [0, 0.05) is 32.3 Å². The summed E-state index contributed by atoms with van der Waals surface area (Å²) in [5.41, 5.74) is 0.0862. The number of carbonyl (C=O) groups is 2. The number of likely N-dealkylation sites (tertiary alicyclic amines) is 1. The van der Waals surface area contributed by atoms with E-state index in [-0.39, 0.29) is 17.6 Å². The van der Waals surface area contributed by atoms with Gasteiger partial charge in [-0.3, -0.25) is 9.59 Å². The van der Waals surface area contributed by atoms with Crippen LogP contribution in [-0.2, 0) is 14.3 Å². The second-order valence-electron chi connectivity index (χ2n) is 8.11. The Morgan fingerprint density at radius 2 is 1.96 bits per heavy atom. The maximum absolute atomic E-state index is 13.7. The minimum atomic E-state index is -0.521. The van der Waals surface area contributed by atoms with Crippen LogP contribution in [0.4, 0.5) is 10.1 Å². The fraction of sp³-hybridized carbons (Fsp3) is 0.619. The number of piperidine rings is 1. The highest BCUT2D eigenvalue weighted by Gasteiger charge is 2.62. The van der Waals surface area contributed by atoms with Gasteiger partial charge >= 0.3 is 0 Å². The third kappa shape index (κ3) is 3.14. The van der Waals surface area contributed by atoms with E-state index in [1.54, 1.807) is 24.1 Å². The Bertz CT molecular complexity index is 724. The molecule has 0 radical (unpaired) electrons. The second kappa shape index (κ2) is 7.23. The minimum Gasteiger partial charge on any atom is -0.369 e. The predicted octanol–water partition coefficient (Wildman–Crippen LogP) is 3.13. The molecule has 0 N–H and O–H groups in total. The van der Waals surface area contributed by atoms with Crippen molar-refractivity contribution in [3.8, 4) is 0 Å². The van der Waals surface area contributed by atoms with Gasteiger partial charge in [0.2, 0.25) is 5.91 Å². The van der Waals surface area contributed by atoms with E-state index in [2.05, 4.69) is 0 Å². The quantitative estimate of drug-likeness (QED) is 0.761. The summed E-state index contributed by atoms with van der Waals surface area (Å²) in [6.07, 6.45) is 6.24. The van der Waals surface area contributed by atoms with Crippen molar-refractivity contribution in [2.45, 2.75) is 56.6 Å². The first-order valence-electron chi connectivity index (χ1n) is 9.95. The topological polar surface area (TPSA) is 49.9 Å². The second-order valence-corrected chi connectivity index (χ2v) is 8.11. The SMILES string of the molecule is COC1C(=O)N(c2cccc(F)c2)C12CCN(C(=O)CC1CCCC1)CC2. The molecule has 6 heteroatoms. The number of anilines is 1. The highest BCUT2D eigenvalue weighted by atomic mass is 19.1. The molecule has 2 saturated heterocycles. The van der Waals surface area contributed by atoms with Crippen molar-refractivity contribution >= 4 is 17.5 Å². The van der Waals surface area contributed by atoms with Gasteiger partial charge in [0.15, 0.2) is 6.10 Å². The summed E-state index contributed by atoms with van der Waals surface area (Å²) in [6.45, 7) is 1.23. The number of rotatable bonds is 4. The van der Waals surface area contributed by atoms with E-state index in [9.17, 15) is 14.0 Å². The zero-order valence-electron chi connectivity index (χ0n) is 15.8. The van der Waals surface area contributed by atoms with Crippen molar-refractivity contribution in [1.29, 1.82) is 0 Å². The third-order valence-electron chi connectivity index (χ3n) is 6.60. The zero-order valence-corrected chi connectivity index (χ0v) is 15.8. The Morgan fingerprint density at radius 1 is 1.26 bits per heavy atom. The van der Waals surface area contributed by atoms with Gasteiger partial charge in [-0.15, -0.1) is 0 Å². The van der Waals surface area contributed by atoms with E-state index in [0.717, 1.165) is 12.8 Å². The van der Waals surface area contributed by atoms with Crippen LogP contribution < -0.4 is 4.90 Å². The molecule has 1 saturated carbocycles. The van der Waals surface area contributed by atoms with Crippen LogP contribution in [0.1, 0.15) is 44.9 Å².